The van der Waals surface area contributed by atoms with Gasteiger partial charge in [0.25, 0.3) is 5.91 Å². The fourth-order valence-electron chi connectivity index (χ4n) is 2.78. The highest BCUT2D eigenvalue weighted by molar-refractivity contribution is 5.81. The van der Waals surface area contributed by atoms with E-state index < -0.39 is 6.10 Å². The van der Waals surface area contributed by atoms with Gasteiger partial charge in [-0.3, -0.25) is 4.79 Å². The first-order valence-corrected chi connectivity index (χ1v) is 7.44. The highest BCUT2D eigenvalue weighted by Gasteiger charge is 2.27. The van der Waals surface area contributed by atoms with E-state index >= 15 is 0 Å². The average Bonchev–Trinajstić information content (AvgIpc) is 3.32. The molecule has 1 amide bonds. The van der Waals surface area contributed by atoms with Crippen LogP contribution < -0.4 is 4.74 Å². The van der Waals surface area contributed by atoms with Crippen molar-refractivity contribution in [2.24, 2.45) is 0 Å². The quantitative estimate of drug-likeness (QED) is 0.790. The van der Waals surface area contributed by atoms with Gasteiger partial charge in [0.05, 0.1) is 0 Å². The normalized spacial score (nSPS) is 19.8. The van der Waals surface area contributed by atoms with Gasteiger partial charge in [0.2, 0.25) is 0 Å². The van der Waals surface area contributed by atoms with Gasteiger partial charge in [0.1, 0.15) is 5.75 Å². The van der Waals surface area contributed by atoms with E-state index in [4.69, 9.17) is 4.74 Å². The maximum Gasteiger partial charge on any atom is 0.263 e. The Morgan fingerprint density at radius 1 is 1.05 bits per heavy atom. The van der Waals surface area contributed by atoms with Crippen molar-refractivity contribution in [1.82, 2.24) is 4.90 Å². The zero-order valence-corrected chi connectivity index (χ0v) is 12.0. The molecular weight excluding hydrogens is 250 g/mol. The van der Waals surface area contributed by atoms with Crippen molar-refractivity contribution < 1.29 is 9.53 Å². The van der Waals surface area contributed by atoms with E-state index in [0.717, 1.165) is 31.7 Å². The molecule has 20 heavy (non-hydrogen) atoms. The lowest BCUT2D eigenvalue weighted by Gasteiger charge is -2.30. The molecule has 1 aromatic rings. The summed E-state index contributed by atoms with van der Waals surface area (Å²) in [5.41, 5.74) is 3.25. The zero-order chi connectivity index (χ0) is 13.9. The highest BCUT2D eigenvalue weighted by Crippen LogP contribution is 2.36. The van der Waals surface area contributed by atoms with Crippen molar-refractivity contribution in [3.63, 3.8) is 0 Å². The van der Waals surface area contributed by atoms with Crippen molar-refractivity contribution >= 4 is 5.91 Å². The van der Waals surface area contributed by atoms with Gasteiger partial charge < -0.3 is 9.64 Å². The molecule has 1 aliphatic carbocycles. The van der Waals surface area contributed by atoms with Gasteiger partial charge in [-0.25, -0.2) is 0 Å². The largest absolute Gasteiger partial charge is 0.481 e. The Morgan fingerprint density at radius 2 is 1.65 bits per heavy atom. The lowest BCUT2D eigenvalue weighted by molar-refractivity contribution is -0.138. The third kappa shape index (κ3) is 3.03. The summed E-state index contributed by atoms with van der Waals surface area (Å²) >= 11 is 0. The first-order chi connectivity index (χ1) is 9.74. The lowest BCUT2D eigenvalue weighted by atomic mass is 10.0. The topological polar surface area (TPSA) is 29.5 Å². The summed E-state index contributed by atoms with van der Waals surface area (Å²) in [7, 11) is 0. The summed E-state index contributed by atoms with van der Waals surface area (Å²) in [5, 5.41) is 0. The molecule has 2 fully saturated rings. The molecule has 3 nitrogen and oxygen atoms in total. The van der Waals surface area contributed by atoms with Crippen LogP contribution in [0.15, 0.2) is 41.5 Å². The first-order valence-electron chi connectivity index (χ1n) is 7.44. The van der Waals surface area contributed by atoms with Gasteiger partial charge in [-0.15, -0.1) is 0 Å². The van der Waals surface area contributed by atoms with E-state index in [1.165, 1.54) is 12.8 Å². The molecule has 0 N–H and O–H groups in total. The summed E-state index contributed by atoms with van der Waals surface area (Å²) in [6, 6.07) is 9.55. The van der Waals surface area contributed by atoms with Gasteiger partial charge in [-0.05, 0) is 44.7 Å². The minimum atomic E-state index is -0.410. The van der Waals surface area contributed by atoms with E-state index in [0.29, 0.717) is 0 Å². The molecule has 0 unspecified atom stereocenters. The first kappa shape index (κ1) is 13.2. The smallest absolute Gasteiger partial charge is 0.263 e. The number of benzene rings is 1. The average molecular weight is 271 g/mol. The number of para-hydroxylation sites is 1. The van der Waals surface area contributed by atoms with E-state index in [9.17, 15) is 4.79 Å². The van der Waals surface area contributed by atoms with E-state index in [-0.39, 0.29) is 5.91 Å². The SMILES string of the molecule is C[C@H](Oc1ccccc1)C(=O)N1CCC(=C2CC2)CC1. The summed E-state index contributed by atoms with van der Waals surface area (Å²) < 4.78 is 5.71. The molecule has 1 saturated heterocycles. The van der Waals surface area contributed by atoms with Crippen LogP contribution >= 0.6 is 0 Å². The number of nitrogens with zero attached hydrogens (tertiary/aromatic N) is 1. The Morgan fingerprint density at radius 3 is 2.25 bits per heavy atom. The fourth-order valence-corrected chi connectivity index (χ4v) is 2.78. The third-order valence-electron chi connectivity index (χ3n) is 4.08. The van der Waals surface area contributed by atoms with E-state index in [1.54, 1.807) is 11.1 Å². The lowest BCUT2D eigenvalue weighted by Crippen LogP contribution is -2.43. The van der Waals surface area contributed by atoms with Crippen LogP contribution in [0.3, 0.4) is 0 Å². The van der Waals surface area contributed by atoms with Gasteiger partial charge in [-0.1, -0.05) is 29.3 Å². The van der Waals surface area contributed by atoms with Crippen LogP contribution in [0.4, 0.5) is 0 Å². The number of amides is 1. The van der Waals surface area contributed by atoms with Gasteiger partial charge in [0.15, 0.2) is 6.10 Å². The Balaban J connectivity index is 1.55. The third-order valence-corrected chi connectivity index (χ3v) is 4.08. The second kappa shape index (κ2) is 5.70. The molecule has 0 radical (unpaired) electrons. The second-order valence-corrected chi connectivity index (χ2v) is 5.61. The van der Waals surface area contributed by atoms with Gasteiger partial charge >= 0.3 is 0 Å². The number of piperidine rings is 1. The molecule has 1 aromatic carbocycles. The number of hydrogen-bond donors (Lipinski definition) is 0. The van der Waals surface area contributed by atoms with Crippen molar-refractivity contribution in [3.05, 3.63) is 41.5 Å². The van der Waals surface area contributed by atoms with Crippen molar-refractivity contribution in [2.75, 3.05) is 13.1 Å². The Kier molecular flexibility index (Phi) is 3.77. The molecule has 1 aliphatic heterocycles. The maximum atomic E-state index is 12.4. The van der Waals surface area contributed by atoms with Crippen LogP contribution in [-0.2, 0) is 4.79 Å². The zero-order valence-electron chi connectivity index (χ0n) is 12.0. The number of carbonyl (C=O) groups is 1. The molecule has 1 heterocycles. The Labute approximate surface area is 120 Å². The molecule has 3 heteroatoms. The molecule has 106 valence electrons. The summed E-state index contributed by atoms with van der Waals surface area (Å²) in [6.45, 7) is 3.53. The van der Waals surface area contributed by atoms with Crippen LogP contribution in [0.5, 0.6) is 5.75 Å². The molecule has 0 spiro atoms. The fraction of sp³-hybridized carbons (Fsp3) is 0.471. The number of carbonyl (C=O) groups excluding carboxylic acids is 1. The number of hydrogen-bond acceptors (Lipinski definition) is 2. The van der Waals surface area contributed by atoms with Gasteiger partial charge in [-0.2, -0.15) is 0 Å². The summed E-state index contributed by atoms with van der Waals surface area (Å²) in [5.74, 6) is 0.861. The molecule has 3 rings (SSSR count). The molecule has 2 aliphatic rings. The molecule has 0 aromatic heterocycles. The van der Waals surface area contributed by atoms with Crippen LogP contribution in [0.2, 0.25) is 0 Å². The molecule has 0 bridgehead atoms. The van der Waals surface area contributed by atoms with E-state index in [1.807, 2.05) is 42.2 Å². The van der Waals surface area contributed by atoms with Crippen molar-refractivity contribution in [2.45, 2.75) is 38.7 Å². The summed E-state index contributed by atoms with van der Waals surface area (Å²) in [4.78, 5) is 14.3. The number of likely N-dealkylation sites (tertiary alicyclic amines) is 1. The Hall–Kier alpha value is -1.77. The second-order valence-electron chi connectivity index (χ2n) is 5.61. The van der Waals surface area contributed by atoms with Crippen molar-refractivity contribution in [3.8, 4) is 5.75 Å². The van der Waals surface area contributed by atoms with Crippen molar-refractivity contribution in [1.29, 1.82) is 0 Å². The van der Waals surface area contributed by atoms with Crippen LogP contribution in [0.25, 0.3) is 0 Å². The van der Waals surface area contributed by atoms with Gasteiger partial charge in [0, 0.05) is 13.1 Å². The van der Waals surface area contributed by atoms with Crippen LogP contribution in [0, 0.1) is 0 Å². The molecule has 1 saturated carbocycles. The minimum Gasteiger partial charge on any atom is -0.481 e. The van der Waals surface area contributed by atoms with E-state index in [2.05, 4.69) is 0 Å². The number of ether oxygens (including phenoxy) is 1. The maximum absolute atomic E-state index is 12.4. The van der Waals surface area contributed by atoms with Crippen LogP contribution in [0.1, 0.15) is 32.6 Å². The Bertz CT molecular complexity index is 505. The standard InChI is InChI=1S/C17H21NO2/c1-13(20-16-5-3-2-4-6-16)17(19)18-11-9-15(10-12-18)14-7-8-14/h2-6,13H,7-12H2,1H3/t13-/m0/s1. The summed E-state index contributed by atoms with van der Waals surface area (Å²) in [6.07, 6.45) is 4.28. The molecular formula is C17H21NO2. The van der Waals surface area contributed by atoms with Crippen LogP contribution in [-0.4, -0.2) is 30.0 Å². The number of allylic oxidation sites excluding steroid dienone is 1. The predicted octanol–water partition coefficient (Wildman–Crippen LogP) is 3.17. The number of rotatable bonds is 3. The molecule has 1 atom stereocenters. The predicted molar refractivity (Wildman–Crippen MR) is 78.6 cm³/mol. The monoisotopic (exact) mass is 271 g/mol. The minimum absolute atomic E-state index is 0.105. The highest BCUT2D eigenvalue weighted by atomic mass is 16.5.